The number of ether oxygens (including phenoxy) is 1. The van der Waals surface area contributed by atoms with Gasteiger partial charge in [-0.2, -0.15) is 0 Å². The normalized spacial score (nSPS) is 11.4. The van der Waals surface area contributed by atoms with Crippen LogP contribution in [-0.4, -0.2) is 12.6 Å². The van der Waals surface area contributed by atoms with Gasteiger partial charge in [0.2, 0.25) is 0 Å². The van der Waals surface area contributed by atoms with Gasteiger partial charge in [0.25, 0.3) is 0 Å². The number of esters is 1. The number of carbonyl (C=O) groups is 1. The number of hydrogen-bond donors (Lipinski definition) is 0. The highest BCUT2D eigenvalue weighted by Crippen LogP contribution is 2.16. The maximum absolute atomic E-state index is 11.9. The number of unbranched alkanes of at least 4 members (excludes halogenated alkanes) is 32. The number of hydrogen-bond acceptors (Lipinski definition) is 2. The second kappa shape index (κ2) is 37.5. The molecule has 0 N–H and O–H groups in total. The molecule has 246 valence electrons. The summed E-state index contributed by atoms with van der Waals surface area (Å²) in [4.78, 5) is 11.9. The van der Waals surface area contributed by atoms with Crippen molar-refractivity contribution < 1.29 is 9.53 Å². The first kappa shape index (κ1) is 40.5. The molecule has 0 aliphatic heterocycles. The summed E-state index contributed by atoms with van der Waals surface area (Å²) in [5, 5.41) is 0. The van der Waals surface area contributed by atoms with Crippen LogP contribution in [0.1, 0.15) is 239 Å². The second-order valence-corrected chi connectivity index (χ2v) is 13.3. The Hall–Kier alpha value is -0.530. The van der Waals surface area contributed by atoms with E-state index in [1.807, 2.05) is 0 Å². The fourth-order valence-electron chi connectivity index (χ4n) is 6.08. The summed E-state index contributed by atoms with van der Waals surface area (Å²) in [7, 11) is 0. The van der Waals surface area contributed by atoms with E-state index in [1.54, 1.807) is 0 Å². The number of rotatable bonds is 36. The van der Waals surface area contributed by atoms with Crippen LogP contribution in [0.15, 0.2) is 0 Å². The van der Waals surface area contributed by atoms with Gasteiger partial charge in [0.1, 0.15) is 0 Å². The van der Waals surface area contributed by atoms with Crippen molar-refractivity contribution in [3.8, 4) is 0 Å². The van der Waals surface area contributed by atoms with E-state index < -0.39 is 0 Å². The Labute approximate surface area is 260 Å². The smallest absolute Gasteiger partial charge is 0.305 e. The lowest BCUT2D eigenvalue weighted by molar-refractivity contribution is -0.143. The van der Waals surface area contributed by atoms with Crippen LogP contribution in [0, 0.1) is 0 Å². The molecule has 0 spiro atoms. The van der Waals surface area contributed by atoms with E-state index in [1.165, 1.54) is 205 Å². The Bertz CT molecular complexity index is 474. The lowest BCUT2D eigenvalue weighted by Crippen LogP contribution is -2.05. The Morgan fingerprint density at radius 1 is 0.317 bits per heavy atom. The largest absolute Gasteiger partial charge is 0.466 e. The molecule has 0 fully saturated rings. The molecule has 0 aliphatic rings. The Morgan fingerprint density at radius 2 is 0.537 bits per heavy atom. The SMILES string of the molecule is CCCCCCCCCCCCCCCCCCCCCOC(=O)CCCCCCCCCCCCCCCCC. The van der Waals surface area contributed by atoms with Gasteiger partial charge < -0.3 is 4.74 Å². The van der Waals surface area contributed by atoms with Crippen molar-refractivity contribution in [3.05, 3.63) is 0 Å². The summed E-state index contributed by atoms with van der Waals surface area (Å²) in [5.41, 5.74) is 0. The van der Waals surface area contributed by atoms with E-state index in [4.69, 9.17) is 4.74 Å². The van der Waals surface area contributed by atoms with Crippen molar-refractivity contribution in [1.29, 1.82) is 0 Å². The molecule has 0 aromatic heterocycles. The van der Waals surface area contributed by atoms with Gasteiger partial charge in [0.05, 0.1) is 6.61 Å². The minimum absolute atomic E-state index is 0.0297. The Balaban J connectivity index is 3.14. The third kappa shape index (κ3) is 37.4. The molecule has 0 radical (unpaired) electrons. The monoisotopic (exact) mass is 579 g/mol. The van der Waals surface area contributed by atoms with Gasteiger partial charge in [-0.25, -0.2) is 0 Å². The quantitative estimate of drug-likeness (QED) is 0.0546. The van der Waals surface area contributed by atoms with Crippen molar-refractivity contribution in [1.82, 2.24) is 0 Å². The maximum Gasteiger partial charge on any atom is 0.305 e. The highest BCUT2D eigenvalue weighted by atomic mass is 16.5. The summed E-state index contributed by atoms with van der Waals surface area (Å²) in [6.45, 7) is 5.22. The summed E-state index contributed by atoms with van der Waals surface area (Å²) in [6, 6.07) is 0. The first-order chi connectivity index (χ1) is 20.3. The molecule has 0 rings (SSSR count). The molecule has 0 saturated carbocycles. The van der Waals surface area contributed by atoms with Crippen molar-refractivity contribution in [3.63, 3.8) is 0 Å². The lowest BCUT2D eigenvalue weighted by Gasteiger charge is -2.06. The summed E-state index contributed by atoms with van der Waals surface area (Å²) in [5.74, 6) is 0.0297. The highest BCUT2D eigenvalue weighted by molar-refractivity contribution is 5.69. The molecule has 2 nitrogen and oxygen atoms in total. The van der Waals surface area contributed by atoms with E-state index in [9.17, 15) is 4.79 Å². The fourth-order valence-corrected chi connectivity index (χ4v) is 6.08. The van der Waals surface area contributed by atoms with E-state index in [0.29, 0.717) is 13.0 Å². The Morgan fingerprint density at radius 3 is 0.805 bits per heavy atom. The van der Waals surface area contributed by atoms with Gasteiger partial charge in [0, 0.05) is 6.42 Å². The molecule has 0 bridgehead atoms. The van der Waals surface area contributed by atoms with E-state index >= 15 is 0 Å². The molecule has 0 atom stereocenters. The minimum Gasteiger partial charge on any atom is -0.466 e. The zero-order chi connectivity index (χ0) is 29.7. The molecule has 0 saturated heterocycles. The Kier molecular flexibility index (Phi) is 37.0. The van der Waals surface area contributed by atoms with Crippen LogP contribution in [0.4, 0.5) is 0 Å². The van der Waals surface area contributed by atoms with E-state index in [2.05, 4.69) is 13.8 Å². The second-order valence-electron chi connectivity index (χ2n) is 13.3. The number of carbonyl (C=O) groups excluding carboxylic acids is 1. The van der Waals surface area contributed by atoms with Gasteiger partial charge in [-0.3, -0.25) is 4.79 Å². The third-order valence-corrected chi connectivity index (χ3v) is 9.00. The predicted molar refractivity (Wildman–Crippen MR) is 184 cm³/mol. The zero-order valence-corrected chi connectivity index (χ0v) is 28.8. The topological polar surface area (TPSA) is 26.3 Å². The first-order valence-corrected chi connectivity index (χ1v) is 19.5. The summed E-state index contributed by atoms with van der Waals surface area (Å²) < 4.78 is 5.46. The first-order valence-electron chi connectivity index (χ1n) is 19.5. The molecular formula is C39H78O2. The van der Waals surface area contributed by atoms with Gasteiger partial charge in [-0.15, -0.1) is 0 Å². The van der Waals surface area contributed by atoms with Crippen LogP contribution < -0.4 is 0 Å². The van der Waals surface area contributed by atoms with Crippen LogP contribution in [0.2, 0.25) is 0 Å². The van der Waals surface area contributed by atoms with Crippen LogP contribution in [0.25, 0.3) is 0 Å². The van der Waals surface area contributed by atoms with Crippen LogP contribution in [0.3, 0.4) is 0 Å². The van der Waals surface area contributed by atoms with Gasteiger partial charge in [-0.1, -0.05) is 219 Å². The maximum atomic E-state index is 11.9. The molecule has 2 heteroatoms. The molecule has 0 aliphatic carbocycles. The van der Waals surface area contributed by atoms with Crippen molar-refractivity contribution in [2.75, 3.05) is 6.61 Å². The average Bonchev–Trinajstić information content (AvgIpc) is 2.98. The molecule has 0 aromatic carbocycles. The highest BCUT2D eigenvalue weighted by Gasteiger charge is 2.03. The van der Waals surface area contributed by atoms with E-state index in [0.717, 1.165) is 12.8 Å². The molecule has 41 heavy (non-hydrogen) atoms. The predicted octanol–water partition coefficient (Wildman–Crippen LogP) is 14.2. The zero-order valence-electron chi connectivity index (χ0n) is 28.8. The molecule has 0 aromatic rings. The van der Waals surface area contributed by atoms with Gasteiger partial charge in [0.15, 0.2) is 0 Å². The van der Waals surface area contributed by atoms with Crippen molar-refractivity contribution in [2.45, 2.75) is 239 Å². The van der Waals surface area contributed by atoms with Crippen molar-refractivity contribution >= 4 is 5.97 Å². The third-order valence-electron chi connectivity index (χ3n) is 9.00. The molecule has 0 amide bonds. The molecule has 0 unspecified atom stereocenters. The van der Waals surface area contributed by atoms with E-state index in [-0.39, 0.29) is 5.97 Å². The summed E-state index contributed by atoms with van der Waals surface area (Å²) in [6.07, 6.45) is 47.5. The lowest BCUT2D eigenvalue weighted by atomic mass is 10.0. The van der Waals surface area contributed by atoms with Gasteiger partial charge >= 0.3 is 5.97 Å². The van der Waals surface area contributed by atoms with Crippen molar-refractivity contribution in [2.24, 2.45) is 0 Å². The standard InChI is InChI=1S/C39H78O2/c1-3-5-7-9-11-13-15-17-19-20-21-22-24-26-28-30-32-34-36-38-41-39(40)37-35-33-31-29-27-25-23-18-16-14-12-10-8-6-4-2/h3-38H2,1-2H3. The van der Waals surface area contributed by atoms with Gasteiger partial charge in [-0.05, 0) is 12.8 Å². The summed E-state index contributed by atoms with van der Waals surface area (Å²) >= 11 is 0. The van der Waals surface area contributed by atoms with Crippen LogP contribution in [-0.2, 0) is 9.53 Å². The minimum atomic E-state index is 0.0297. The fraction of sp³-hybridized carbons (Fsp3) is 0.974. The molecular weight excluding hydrogens is 500 g/mol. The van der Waals surface area contributed by atoms with Crippen LogP contribution >= 0.6 is 0 Å². The average molecular weight is 579 g/mol. The van der Waals surface area contributed by atoms with Crippen LogP contribution in [0.5, 0.6) is 0 Å². The molecule has 0 heterocycles.